The fraction of sp³-hybridized carbons (Fsp3) is 0.231. The summed E-state index contributed by atoms with van der Waals surface area (Å²) in [5.41, 5.74) is 6.58. The Morgan fingerprint density at radius 1 is 1.16 bits per heavy atom. The maximum Gasteiger partial charge on any atom is 0.227 e. The Morgan fingerprint density at radius 3 is 2.47 bits per heavy atom. The molecular formula is C13H15N3O3. The van der Waals surface area contributed by atoms with Gasteiger partial charge < -0.3 is 20.3 Å². The summed E-state index contributed by atoms with van der Waals surface area (Å²) in [7, 11) is 1.50. The van der Waals surface area contributed by atoms with E-state index in [1.54, 1.807) is 18.2 Å². The van der Waals surface area contributed by atoms with Crippen LogP contribution in [-0.4, -0.2) is 28.8 Å². The number of rotatable bonds is 5. The maximum atomic E-state index is 8.84. The Hall–Kier alpha value is -2.34. The van der Waals surface area contributed by atoms with Gasteiger partial charge in [0.2, 0.25) is 17.7 Å². The van der Waals surface area contributed by atoms with Crippen LogP contribution >= 0.6 is 0 Å². The smallest absolute Gasteiger partial charge is 0.227 e. The van der Waals surface area contributed by atoms with Crippen LogP contribution in [0.15, 0.2) is 30.3 Å². The van der Waals surface area contributed by atoms with Gasteiger partial charge in [-0.05, 0) is 24.1 Å². The number of methoxy groups -OCH3 is 1. The molecule has 0 aliphatic carbocycles. The normalized spacial score (nSPS) is 10.2. The third kappa shape index (κ3) is 3.56. The van der Waals surface area contributed by atoms with Gasteiger partial charge >= 0.3 is 0 Å². The van der Waals surface area contributed by atoms with Gasteiger partial charge in [0.15, 0.2) is 0 Å². The van der Waals surface area contributed by atoms with Gasteiger partial charge in [0.1, 0.15) is 5.75 Å². The first kappa shape index (κ1) is 13.1. The quantitative estimate of drug-likeness (QED) is 0.845. The summed E-state index contributed by atoms with van der Waals surface area (Å²) in [6, 6.07) is 8.92. The lowest BCUT2D eigenvalue weighted by atomic mass is 10.1. The molecule has 0 radical (unpaired) electrons. The van der Waals surface area contributed by atoms with Crippen molar-refractivity contribution in [3.8, 4) is 17.5 Å². The number of anilines is 1. The van der Waals surface area contributed by atoms with E-state index < -0.39 is 0 Å². The fourth-order valence-electron chi connectivity index (χ4n) is 1.55. The van der Waals surface area contributed by atoms with Crippen LogP contribution < -0.4 is 15.2 Å². The van der Waals surface area contributed by atoms with Crippen molar-refractivity contribution in [3.05, 3.63) is 35.9 Å². The van der Waals surface area contributed by atoms with Crippen LogP contribution in [0, 0.1) is 0 Å². The summed E-state index contributed by atoms with van der Waals surface area (Å²) in [4.78, 5) is 7.83. The fourth-order valence-corrected chi connectivity index (χ4v) is 1.55. The van der Waals surface area contributed by atoms with Gasteiger partial charge in [0.05, 0.1) is 13.2 Å². The minimum Gasteiger partial charge on any atom is -0.481 e. The molecule has 0 fully saturated rings. The maximum absolute atomic E-state index is 8.84. The lowest BCUT2D eigenvalue weighted by Gasteiger charge is -2.07. The number of aliphatic hydroxyl groups excluding tert-OH is 1. The highest BCUT2D eigenvalue weighted by molar-refractivity contribution is 5.34. The van der Waals surface area contributed by atoms with Crippen molar-refractivity contribution >= 4 is 5.95 Å². The molecule has 1 aromatic carbocycles. The predicted molar refractivity (Wildman–Crippen MR) is 70.3 cm³/mol. The predicted octanol–water partition coefficient (Wildman–Crippen LogP) is 1.39. The molecule has 0 saturated heterocycles. The number of nitrogens with zero attached hydrogens (tertiary/aromatic N) is 2. The molecule has 6 heteroatoms. The third-order valence-corrected chi connectivity index (χ3v) is 2.45. The first-order chi connectivity index (χ1) is 9.21. The Bertz CT molecular complexity index is 543. The minimum absolute atomic E-state index is 0.0891. The number of aliphatic hydroxyl groups is 1. The van der Waals surface area contributed by atoms with Gasteiger partial charge in [-0.3, -0.25) is 0 Å². The van der Waals surface area contributed by atoms with Gasteiger partial charge in [-0.25, -0.2) is 0 Å². The van der Waals surface area contributed by atoms with Gasteiger partial charge in [0.25, 0.3) is 0 Å². The van der Waals surface area contributed by atoms with E-state index in [1.807, 2.05) is 12.1 Å². The van der Waals surface area contributed by atoms with Crippen LogP contribution in [0.3, 0.4) is 0 Å². The van der Waals surface area contributed by atoms with Crippen LogP contribution in [0.4, 0.5) is 5.95 Å². The summed E-state index contributed by atoms with van der Waals surface area (Å²) >= 11 is 0. The summed E-state index contributed by atoms with van der Waals surface area (Å²) < 4.78 is 10.5. The Morgan fingerprint density at radius 2 is 1.84 bits per heavy atom. The van der Waals surface area contributed by atoms with Crippen molar-refractivity contribution in [2.24, 2.45) is 0 Å². The van der Waals surface area contributed by atoms with E-state index in [0.29, 0.717) is 23.9 Å². The van der Waals surface area contributed by atoms with E-state index >= 15 is 0 Å². The van der Waals surface area contributed by atoms with Crippen molar-refractivity contribution < 1.29 is 14.6 Å². The number of benzene rings is 1. The Balaban J connectivity index is 2.14. The molecule has 2 aromatic rings. The lowest BCUT2D eigenvalue weighted by molar-refractivity contribution is 0.299. The van der Waals surface area contributed by atoms with Crippen LogP contribution in [0.2, 0.25) is 0 Å². The Labute approximate surface area is 110 Å². The molecule has 0 spiro atoms. The monoisotopic (exact) mass is 261 g/mol. The molecule has 100 valence electrons. The highest BCUT2D eigenvalue weighted by Gasteiger charge is 2.05. The summed E-state index contributed by atoms with van der Waals surface area (Å²) in [6.07, 6.45) is 0.620. The molecule has 0 unspecified atom stereocenters. The average molecular weight is 261 g/mol. The molecule has 2 rings (SSSR count). The van der Waals surface area contributed by atoms with E-state index in [-0.39, 0.29) is 12.6 Å². The second-order valence-corrected chi connectivity index (χ2v) is 3.83. The van der Waals surface area contributed by atoms with E-state index in [0.717, 1.165) is 5.56 Å². The molecule has 3 N–H and O–H groups in total. The highest BCUT2D eigenvalue weighted by Crippen LogP contribution is 2.23. The zero-order chi connectivity index (χ0) is 13.7. The molecule has 0 aliphatic rings. The summed E-state index contributed by atoms with van der Waals surface area (Å²) in [5, 5.41) is 8.84. The van der Waals surface area contributed by atoms with Crippen molar-refractivity contribution in [2.75, 3.05) is 19.5 Å². The van der Waals surface area contributed by atoms with Gasteiger partial charge in [0, 0.05) is 6.61 Å². The van der Waals surface area contributed by atoms with Crippen LogP contribution in [0.25, 0.3) is 0 Å². The van der Waals surface area contributed by atoms with E-state index in [9.17, 15) is 0 Å². The van der Waals surface area contributed by atoms with E-state index in [4.69, 9.17) is 20.3 Å². The number of nitrogens with two attached hydrogens (primary N) is 1. The number of aromatic nitrogens is 2. The van der Waals surface area contributed by atoms with E-state index in [2.05, 4.69) is 9.97 Å². The first-order valence-electron chi connectivity index (χ1n) is 5.77. The SMILES string of the molecule is COc1cc(Oc2ccc(CCO)cc2)nc(N)n1. The molecule has 19 heavy (non-hydrogen) atoms. The molecule has 6 nitrogen and oxygen atoms in total. The molecule has 1 heterocycles. The molecule has 0 amide bonds. The second kappa shape index (κ2) is 6.01. The molecular weight excluding hydrogens is 246 g/mol. The topological polar surface area (TPSA) is 90.5 Å². The number of ether oxygens (including phenoxy) is 2. The standard InChI is InChI=1S/C13H15N3O3/c1-18-11-8-12(16-13(14)15-11)19-10-4-2-9(3-5-10)6-7-17/h2-5,8,17H,6-7H2,1H3,(H2,14,15,16). The van der Waals surface area contributed by atoms with Gasteiger partial charge in [-0.15, -0.1) is 0 Å². The van der Waals surface area contributed by atoms with E-state index in [1.165, 1.54) is 7.11 Å². The third-order valence-electron chi connectivity index (χ3n) is 2.45. The highest BCUT2D eigenvalue weighted by atomic mass is 16.5. The van der Waals surface area contributed by atoms with Crippen LogP contribution in [0.1, 0.15) is 5.56 Å². The largest absolute Gasteiger partial charge is 0.481 e. The Kier molecular flexibility index (Phi) is 4.15. The average Bonchev–Trinajstić information content (AvgIpc) is 2.40. The van der Waals surface area contributed by atoms with Crippen LogP contribution in [0.5, 0.6) is 17.5 Å². The molecule has 0 atom stereocenters. The zero-order valence-electron chi connectivity index (χ0n) is 10.5. The van der Waals surface area contributed by atoms with Crippen molar-refractivity contribution in [1.82, 2.24) is 9.97 Å². The number of hydrogen-bond acceptors (Lipinski definition) is 6. The molecule has 0 aliphatic heterocycles. The first-order valence-corrected chi connectivity index (χ1v) is 5.77. The van der Waals surface area contributed by atoms with Crippen molar-refractivity contribution in [3.63, 3.8) is 0 Å². The summed E-state index contributed by atoms with van der Waals surface area (Å²) in [6.45, 7) is 0.125. The van der Waals surface area contributed by atoms with Gasteiger partial charge in [-0.2, -0.15) is 9.97 Å². The second-order valence-electron chi connectivity index (χ2n) is 3.83. The summed E-state index contributed by atoms with van der Waals surface area (Å²) in [5.74, 6) is 1.38. The van der Waals surface area contributed by atoms with Gasteiger partial charge in [-0.1, -0.05) is 12.1 Å². The van der Waals surface area contributed by atoms with Crippen molar-refractivity contribution in [2.45, 2.75) is 6.42 Å². The number of nitrogen functional groups attached to an aromatic ring is 1. The van der Waals surface area contributed by atoms with Crippen molar-refractivity contribution in [1.29, 1.82) is 0 Å². The molecule has 1 aromatic heterocycles. The minimum atomic E-state index is 0.0891. The molecule has 0 bridgehead atoms. The zero-order valence-corrected chi connectivity index (χ0v) is 10.5. The lowest BCUT2D eigenvalue weighted by Crippen LogP contribution is -1.99. The molecule has 0 saturated carbocycles. The van der Waals surface area contributed by atoms with Crippen LogP contribution in [-0.2, 0) is 6.42 Å². The number of hydrogen-bond donors (Lipinski definition) is 2.